The maximum atomic E-state index is 11.4. The second kappa shape index (κ2) is 6.80. The van der Waals surface area contributed by atoms with Crippen molar-refractivity contribution < 1.29 is 9.53 Å². The topological polar surface area (TPSA) is 41.6 Å². The van der Waals surface area contributed by atoms with Crippen LogP contribution in [0.25, 0.3) is 0 Å². The number of rotatable bonds is 5. The molecule has 0 aromatic rings. The summed E-state index contributed by atoms with van der Waals surface area (Å²) in [7, 11) is 0. The van der Waals surface area contributed by atoms with E-state index in [1.54, 1.807) is 0 Å². The average Bonchev–Trinajstić information content (AvgIpc) is 2.22. The van der Waals surface area contributed by atoms with Crippen molar-refractivity contribution in [2.45, 2.75) is 32.7 Å². The van der Waals surface area contributed by atoms with Gasteiger partial charge in [-0.25, -0.2) is 0 Å². The van der Waals surface area contributed by atoms with Gasteiger partial charge in [0.05, 0.1) is 13.2 Å². The van der Waals surface area contributed by atoms with Crippen LogP contribution in [0.5, 0.6) is 0 Å². The van der Waals surface area contributed by atoms with Gasteiger partial charge in [0.25, 0.3) is 0 Å². The standard InChI is InChI=1S/C11H22N2O2/c1-3-4-7-15-11(14)9-13-6-5-12-8-10(13)2/h10,12H,3-9H2,1-2H3/t10-/m1/s1. The Kier molecular flexibility index (Phi) is 5.65. The lowest BCUT2D eigenvalue weighted by atomic mass is 10.2. The van der Waals surface area contributed by atoms with Crippen LogP contribution in [0.3, 0.4) is 0 Å². The number of unbranched alkanes of at least 4 members (excludes halogenated alkanes) is 1. The van der Waals surface area contributed by atoms with Crippen molar-refractivity contribution >= 4 is 5.97 Å². The Balaban J connectivity index is 2.18. The fourth-order valence-corrected chi connectivity index (χ4v) is 1.66. The number of carbonyl (C=O) groups excluding carboxylic acids is 1. The summed E-state index contributed by atoms with van der Waals surface area (Å²) in [5, 5.41) is 3.30. The average molecular weight is 214 g/mol. The molecule has 0 amide bonds. The molecule has 0 spiro atoms. The molecule has 0 aliphatic carbocycles. The van der Waals surface area contributed by atoms with Crippen LogP contribution in [-0.4, -0.2) is 49.7 Å². The van der Waals surface area contributed by atoms with E-state index in [-0.39, 0.29) is 5.97 Å². The smallest absolute Gasteiger partial charge is 0.320 e. The van der Waals surface area contributed by atoms with Crippen LogP contribution in [0.15, 0.2) is 0 Å². The van der Waals surface area contributed by atoms with Gasteiger partial charge in [-0.05, 0) is 13.3 Å². The molecule has 0 aromatic carbocycles. The zero-order chi connectivity index (χ0) is 11.1. The Bertz CT molecular complexity index is 197. The minimum absolute atomic E-state index is 0.0859. The van der Waals surface area contributed by atoms with Crippen LogP contribution in [0.2, 0.25) is 0 Å². The summed E-state index contributed by atoms with van der Waals surface area (Å²) >= 11 is 0. The molecule has 1 atom stereocenters. The predicted molar refractivity (Wildman–Crippen MR) is 59.8 cm³/mol. The molecule has 0 bridgehead atoms. The lowest BCUT2D eigenvalue weighted by molar-refractivity contribution is -0.145. The first kappa shape index (κ1) is 12.5. The van der Waals surface area contributed by atoms with Crippen LogP contribution in [-0.2, 0) is 9.53 Å². The molecule has 4 nitrogen and oxygen atoms in total. The Labute approximate surface area is 92.0 Å². The van der Waals surface area contributed by atoms with E-state index in [0.717, 1.165) is 32.5 Å². The van der Waals surface area contributed by atoms with Gasteiger partial charge in [-0.15, -0.1) is 0 Å². The molecule has 1 fully saturated rings. The third kappa shape index (κ3) is 4.62. The van der Waals surface area contributed by atoms with E-state index in [4.69, 9.17) is 4.74 Å². The van der Waals surface area contributed by atoms with Crippen molar-refractivity contribution in [2.24, 2.45) is 0 Å². The van der Waals surface area contributed by atoms with Crippen LogP contribution >= 0.6 is 0 Å². The number of nitrogens with one attached hydrogen (secondary N) is 1. The van der Waals surface area contributed by atoms with Gasteiger partial charge in [0.15, 0.2) is 0 Å². The third-order valence-electron chi connectivity index (χ3n) is 2.73. The molecular formula is C11H22N2O2. The zero-order valence-corrected chi connectivity index (χ0v) is 9.79. The van der Waals surface area contributed by atoms with Gasteiger partial charge in [-0.1, -0.05) is 13.3 Å². The molecule has 1 heterocycles. The lowest BCUT2D eigenvalue weighted by Gasteiger charge is -2.32. The highest BCUT2D eigenvalue weighted by molar-refractivity contribution is 5.71. The Morgan fingerprint density at radius 2 is 2.40 bits per heavy atom. The fraction of sp³-hybridized carbons (Fsp3) is 0.909. The van der Waals surface area contributed by atoms with E-state index >= 15 is 0 Å². The number of ether oxygens (including phenoxy) is 1. The van der Waals surface area contributed by atoms with Gasteiger partial charge in [0.1, 0.15) is 0 Å². The molecule has 0 saturated carbocycles. The monoisotopic (exact) mass is 214 g/mol. The highest BCUT2D eigenvalue weighted by atomic mass is 16.5. The van der Waals surface area contributed by atoms with Crippen molar-refractivity contribution in [1.82, 2.24) is 10.2 Å². The van der Waals surface area contributed by atoms with Crippen LogP contribution in [0.1, 0.15) is 26.7 Å². The summed E-state index contributed by atoms with van der Waals surface area (Å²) in [6.45, 7) is 8.08. The van der Waals surface area contributed by atoms with Gasteiger partial charge in [-0.2, -0.15) is 0 Å². The second-order valence-corrected chi connectivity index (χ2v) is 4.10. The summed E-state index contributed by atoms with van der Waals surface area (Å²) in [6, 6.07) is 0.428. The van der Waals surface area contributed by atoms with Gasteiger partial charge >= 0.3 is 5.97 Å². The molecular weight excluding hydrogens is 192 g/mol. The summed E-state index contributed by atoms with van der Waals surface area (Å²) in [4.78, 5) is 13.6. The molecule has 1 aliphatic rings. The minimum atomic E-state index is -0.0859. The first-order valence-corrected chi connectivity index (χ1v) is 5.84. The Morgan fingerprint density at radius 3 is 3.07 bits per heavy atom. The van der Waals surface area contributed by atoms with Crippen LogP contribution in [0.4, 0.5) is 0 Å². The SMILES string of the molecule is CCCCOC(=O)CN1CCNC[C@H]1C. The maximum Gasteiger partial charge on any atom is 0.320 e. The molecule has 1 aliphatic heterocycles. The molecule has 4 heteroatoms. The number of nitrogens with zero attached hydrogens (tertiary/aromatic N) is 1. The van der Waals surface area contributed by atoms with E-state index in [2.05, 4.69) is 24.1 Å². The van der Waals surface area contributed by atoms with E-state index in [0.29, 0.717) is 19.2 Å². The number of carbonyl (C=O) groups is 1. The first-order valence-electron chi connectivity index (χ1n) is 5.84. The number of piperazine rings is 1. The second-order valence-electron chi connectivity index (χ2n) is 4.10. The summed E-state index contributed by atoms with van der Waals surface area (Å²) in [5.41, 5.74) is 0. The van der Waals surface area contributed by atoms with Gasteiger partial charge in [-0.3, -0.25) is 9.69 Å². The van der Waals surface area contributed by atoms with Crippen LogP contribution in [0, 0.1) is 0 Å². The van der Waals surface area contributed by atoms with E-state index in [1.807, 2.05) is 0 Å². The summed E-state index contributed by atoms with van der Waals surface area (Å²) < 4.78 is 5.13. The third-order valence-corrected chi connectivity index (χ3v) is 2.73. The van der Waals surface area contributed by atoms with Gasteiger partial charge < -0.3 is 10.1 Å². The first-order chi connectivity index (χ1) is 7.24. The lowest BCUT2D eigenvalue weighted by Crippen LogP contribution is -2.51. The molecule has 0 aromatic heterocycles. The molecule has 0 radical (unpaired) electrons. The largest absolute Gasteiger partial charge is 0.465 e. The summed E-state index contributed by atoms with van der Waals surface area (Å²) in [6.07, 6.45) is 2.03. The highest BCUT2D eigenvalue weighted by Crippen LogP contribution is 2.02. The molecule has 15 heavy (non-hydrogen) atoms. The molecule has 1 rings (SSSR count). The normalized spacial score (nSPS) is 22.7. The summed E-state index contributed by atoms with van der Waals surface area (Å²) in [5.74, 6) is -0.0859. The minimum Gasteiger partial charge on any atom is -0.465 e. The predicted octanol–water partition coefficient (Wildman–Crippen LogP) is 0.623. The number of hydrogen-bond acceptors (Lipinski definition) is 4. The number of esters is 1. The van der Waals surface area contributed by atoms with Gasteiger partial charge in [0.2, 0.25) is 0 Å². The van der Waals surface area contributed by atoms with Crippen molar-refractivity contribution in [3.8, 4) is 0 Å². The van der Waals surface area contributed by atoms with Gasteiger partial charge in [0, 0.05) is 25.7 Å². The molecule has 0 unspecified atom stereocenters. The van der Waals surface area contributed by atoms with Crippen molar-refractivity contribution in [2.75, 3.05) is 32.8 Å². The van der Waals surface area contributed by atoms with E-state index in [1.165, 1.54) is 0 Å². The highest BCUT2D eigenvalue weighted by Gasteiger charge is 2.20. The number of hydrogen-bond donors (Lipinski definition) is 1. The quantitative estimate of drug-likeness (QED) is 0.538. The van der Waals surface area contributed by atoms with E-state index in [9.17, 15) is 4.79 Å². The zero-order valence-electron chi connectivity index (χ0n) is 9.79. The molecule has 1 N–H and O–H groups in total. The van der Waals surface area contributed by atoms with Crippen molar-refractivity contribution in [3.63, 3.8) is 0 Å². The maximum absolute atomic E-state index is 11.4. The Hall–Kier alpha value is -0.610. The van der Waals surface area contributed by atoms with Crippen molar-refractivity contribution in [3.05, 3.63) is 0 Å². The van der Waals surface area contributed by atoms with Crippen LogP contribution < -0.4 is 5.32 Å². The Morgan fingerprint density at radius 1 is 1.60 bits per heavy atom. The molecule has 88 valence electrons. The van der Waals surface area contributed by atoms with Crippen molar-refractivity contribution in [1.29, 1.82) is 0 Å². The molecule has 1 saturated heterocycles. The van der Waals surface area contributed by atoms with E-state index < -0.39 is 0 Å². The fourth-order valence-electron chi connectivity index (χ4n) is 1.66.